The van der Waals surface area contributed by atoms with Gasteiger partial charge in [-0.2, -0.15) is 5.26 Å². The van der Waals surface area contributed by atoms with Crippen molar-refractivity contribution in [1.82, 2.24) is 4.57 Å². The SMILES string of the molecule is N#C/C(=C\c1cc(N)c(O)c(O)c1)C(=O)n1ccc(=O)c2ccccc21. The van der Waals surface area contributed by atoms with Gasteiger partial charge in [-0.25, -0.2) is 0 Å². The van der Waals surface area contributed by atoms with Crippen LogP contribution >= 0.6 is 0 Å². The summed E-state index contributed by atoms with van der Waals surface area (Å²) in [5.74, 6) is -1.58. The van der Waals surface area contributed by atoms with Gasteiger partial charge in [-0.1, -0.05) is 12.1 Å². The lowest BCUT2D eigenvalue weighted by molar-refractivity contribution is 0.0965. The second-order valence-corrected chi connectivity index (χ2v) is 5.52. The van der Waals surface area contributed by atoms with Crippen LogP contribution in [-0.2, 0) is 0 Å². The Hall–Kier alpha value is -4.05. The van der Waals surface area contributed by atoms with Gasteiger partial charge >= 0.3 is 0 Å². The molecule has 0 radical (unpaired) electrons. The topological polar surface area (TPSA) is 129 Å². The Morgan fingerprint density at radius 3 is 2.62 bits per heavy atom. The maximum absolute atomic E-state index is 12.8. The number of hydrogen-bond donors (Lipinski definition) is 3. The Bertz CT molecular complexity index is 1150. The molecular weight excluding hydrogens is 334 g/mol. The molecule has 0 aliphatic rings. The van der Waals surface area contributed by atoms with E-state index >= 15 is 0 Å². The number of fused-ring (bicyclic) bond motifs is 1. The lowest BCUT2D eigenvalue weighted by atomic mass is 10.1. The van der Waals surface area contributed by atoms with Gasteiger partial charge in [-0.05, 0) is 35.9 Å². The van der Waals surface area contributed by atoms with Crippen LogP contribution < -0.4 is 11.2 Å². The molecule has 7 nitrogen and oxygen atoms in total. The van der Waals surface area contributed by atoms with Crippen molar-refractivity contribution >= 4 is 28.6 Å². The second kappa shape index (κ2) is 6.45. The lowest BCUT2D eigenvalue weighted by Gasteiger charge is -2.09. The van der Waals surface area contributed by atoms with E-state index in [9.17, 15) is 25.1 Å². The number of aromatic hydroxyl groups is 2. The van der Waals surface area contributed by atoms with Crippen LogP contribution in [0.1, 0.15) is 10.4 Å². The highest BCUT2D eigenvalue weighted by molar-refractivity contribution is 6.06. The fraction of sp³-hybridized carbons (Fsp3) is 0. The molecule has 0 amide bonds. The van der Waals surface area contributed by atoms with Gasteiger partial charge in [0.2, 0.25) is 0 Å². The number of aromatic nitrogens is 1. The normalized spacial score (nSPS) is 11.3. The molecule has 26 heavy (non-hydrogen) atoms. The fourth-order valence-corrected chi connectivity index (χ4v) is 2.57. The number of phenols is 2. The van der Waals surface area contributed by atoms with E-state index in [1.165, 1.54) is 35.0 Å². The van der Waals surface area contributed by atoms with Crippen molar-refractivity contribution in [3.63, 3.8) is 0 Å². The van der Waals surface area contributed by atoms with Crippen LogP contribution in [0.4, 0.5) is 5.69 Å². The molecule has 0 spiro atoms. The Balaban J connectivity index is 2.13. The number of nitriles is 1. The highest BCUT2D eigenvalue weighted by atomic mass is 16.3. The van der Waals surface area contributed by atoms with Crippen molar-refractivity contribution in [1.29, 1.82) is 5.26 Å². The summed E-state index contributed by atoms with van der Waals surface area (Å²) < 4.78 is 1.20. The third-order valence-corrected chi connectivity index (χ3v) is 3.83. The number of rotatable bonds is 2. The minimum atomic E-state index is -0.644. The van der Waals surface area contributed by atoms with Crippen LogP contribution in [0.2, 0.25) is 0 Å². The van der Waals surface area contributed by atoms with Gasteiger partial charge in [0.25, 0.3) is 5.91 Å². The van der Waals surface area contributed by atoms with Gasteiger partial charge < -0.3 is 15.9 Å². The summed E-state index contributed by atoms with van der Waals surface area (Å²) in [5.41, 5.74) is 5.66. The van der Waals surface area contributed by atoms with Crippen molar-refractivity contribution in [2.24, 2.45) is 0 Å². The van der Waals surface area contributed by atoms with Gasteiger partial charge in [0, 0.05) is 17.6 Å². The van der Waals surface area contributed by atoms with E-state index in [4.69, 9.17) is 5.73 Å². The molecule has 3 rings (SSSR count). The Kier molecular flexibility index (Phi) is 4.17. The minimum absolute atomic E-state index is 0.0881. The summed E-state index contributed by atoms with van der Waals surface area (Å²) in [7, 11) is 0. The molecule has 4 N–H and O–H groups in total. The van der Waals surface area contributed by atoms with Crippen LogP contribution in [0.5, 0.6) is 11.5 Å². The van der Waals surface area contributed by atoms with E-state index in [0.717, 1.165) is 0 Å². The molecule has 7 heteroatoms. The Morgan fingerprint density at radius 2 is 1.92 bits per heavy atom. The zero-order valence-corrected chi connectivity index (χ0v) is 13.4. The van der Waals surface area contributed by atoms with Crippen molar-refractivity contribution in [3.8, 4) is 17.6 Å². The summed E-state index contributed by atoms with van der Waals surface area (Å²) in [6, 6.07) is 12.1. The molecular formula is C19H13N3O4. The predicted octanol–water partition coefficient (Wildman–Crippen LogP) is 2.24. The number of carbonyl (C=O) groups is 1. The molecule has 1 aromatic heterocycles. The lowest BCUT2D eigenvalue weighted by Crippen LogP contribution is -2.16. The first-order chi connectivity index (χ1) is 12.4. The first kappa shape index (κ1) is 16.8. The molecule has 128 valence electrons. The van der Waals surface area contributed by atoms with Crippen LogP contribution in [-0.4, -0.2) is 20.7 Å². The number of nitrogens with zero attached hydrogens (tertiary/aromatic N) is 2. The molecule has 3 aromatic rings. The quantitative estimate of drug-likeness (QED) is 0.282. The number of carbonyl (C=O) groups excluding carboxylic acids is 1. The van der Waals surface area contributed by atoms with Crippen LogP contribution in [0.25, 0.3) is 17.0 Å². The van der Waals surface area contributed by atoms with Gasteiger partial charge in [0.15, 0.2) is 16.9 Å². The zero-order valence-electron chi connectivity index (χ0n) is 13.4. The molecule has 0 bridgehead atoms. The molecule has 0 saturated carbocycles. The highest BCUT2D eigenvalue weighted by Gasteiger charge is 2.15. The average Bonchev–Trinajstić information content (AvgIpc) is 2.64. The predicted molar refractivity (Wildman–Crippen MR) is 96.6 cm³/mol. The molecule has 1 heterocycles. The molecule has 0 aliphatic carbocycles. The number of allylic oxidation sites excluding steroid dienone is 1. The van der Waals surface area contributed by atoms with Gasteiger partial charge in [0.1, 0.15) is 11.6 Å². The maximum atomic E-state index is 12.8. The number of nitrogen functional groups attached to an aromatic ring is 1. The second-order valence-electron chi connectivity index (χ2n) is 5.52. The van der Waals surface area contributed by atoms with Crippen molar-refractivity contribution in [3.05, 3.63) is 70.0 Å². The summed E-state index contributed by atoms with van der Waals surface area (Å²) >= 11 is 0. The fourth-order valence-electron chi connectivity index (χ4n) is 2.57. The van der Waals surface area contributed by atoms with Crippen LogP contribution in [0, 0.1) is 11.3 Å². The van der Waals surface area contributed by atoms with Crippen LogP contribution in [0.15, 0.2) is 59.0 Å². The number of pyridine rings is 1. The average molecular weight is 347 g/mol. The number of hydrogen-bond acceptors (Lipinski definition) is 6. The Morgan fingerprint density at radius 1 is 1.19 bits per heavy atom. The van der Waals surface area contributed by atoms with E-state index < -0.39 is 17.4 Å². The third kappa shape index (κ3) is 2.87. The number of anilines is 1. The van der Waals surface area contributed by atoms with Crippen molar-refractivity contribution in [2.45, 2.75) is 0 Å². The van der Waals surface area contributed by atoms with E-state index in [1.54, 1.807) is 24.3 Å². The number of benzene rings is 2. The van der Waals surface area contributed by atoms with E-state index in [2.05, 4.69) is 0 Å². The van der Waals surface area contributed by atoms with E-state index in [-0.39, 0.29) is 22.3 Å². The molecule has 0 aliphatic heterocycles. The maximum Gasteiger partial charge on any atom is 0.273 e. The molecule has 0 unspecified atom stereocenters. The minimum Gasteiger partial charge on any atom is -0.504 e. The monoisotopic (exact) mass is 347 g/mol. The third-order valence-electron chi connectivity index (χ3n) is 3.83. The molecule has 0 saturated heterocycles. The number of para-hydroxylation sites is 1. The van der Waals surface area contributed by atoms with Crippen LogP contribution in [0.3, 0.4) is 0 Å². The van der Waals surface area contributed by atoms with Gasteiger partial charge in [0.05, 0.1) is 11.2 Å². The van der Waals surface area contributed by atoms with Crippen molar-refractivity contribution in [2.75, 3.05) is 5.73 Å². The van der Waals surface area contributed by atoms with E-state index in [1.807, 2.05) is 6.07 Å². The first-order valence-electron chi connectivity index (χ1n) is 7.50. The first-order valence-corrected chi connectivity index (χ1v) is 7.50. The number of phenolic OH excluding ortho intramolecular Hbond substituents is 2. The standard InChI is InChI=1S/C19H13N3O4/c20-10-12(7-11-8-14(21)18(25)17(24)9-11)19(26)22-6-5-16(23)13-3-1-2-4-15(13)22/h1-9,24-25H,21H2/b12-7+. The van der Waals surface area contributed by atoms with Crippen molar-refractivity contribution < 1.29 is 15.0 Å². The van der Waals surface area contributed by atoms with Gasteiger partial charge in [-0.3, -0.25) is 14.2 Å². The summed E-state index contributed by atoms with van der Waals surface area (Å²) in [4.78, 5) is 24.7. The summed E-state index contributed by atoms with van der Waals surface area (Å²) in [5, 5.41) is 28.9. The number of nitrogens with two attached hydrogens (primary N) is 1. The van der Waals surface area contributed by atoms with E-state index in [0.29, 0.717) is 10.9 Å². The van der Waals surface area contributed by atoms with Gasteiger partial charge in [-0.15, -0.1) is 0 Å². The molecule has 2 aromatic carbocycles. The molecule has 0 atom stereocenters. The smallest absolute Gasteiger partial charge is 0.273 e. The zero-order chi connectivity index (χ0) is 18.8. The summed E-state index contributed by atoms with van der Waals surface area (Å²) in [6.07, 6.45) is 2.55. The molecule has 0 fully saturated rings. The Labute approximate surface area is 147 Å². The highest BCUT2D eigenvalue weighted by Crippen LogP contribution is 2.33. The summed E-state index contributed by atoms with van der Waals surface area (Å²) in [6.45, 7) is 0. The largest absolute Gasteiger partial charge is 0.504 e.